The highest BCUT2D eigenvalue weighted by Gasteiger charge is 2.24. The molecule has 1 amide bonds. The second-order valence-electron chi connectivity index (χ2n) is 7.29. The number of aryl methyl sites for hydroxylation is 1. The molecule has 4 nitrogen and oxygen atoms in total. The van der Waals surface area contributed by atoms with Crippen LogP contribution < -0.4 is 5.32 Å². The molecule has 0 bridgehead atoms. The van der Waals surface area contributed by atoms with Crippen molar-refractivity contribution in [3.63, 3.8) is 0 Å². The Kier molecular flexibility index (Phi) is 5.28. The largest absolute Gasteiger partial charge is 0.348 e. The molecule has 1 aliphatic heterocycles. The fourth-order valence-electron chi connectivity index (χ4n) is 3.58. The van der Waals surface area contributed by atoms with Crippen molar-refractivity contribution in [2.45, 2.75) is 52.7 Å². The lowest BCUT2D eigenvalue weighted by Gasteiger charge is -2.27. The van der Waals surface area contributed by atoms with Gasteiger partial charge in [-0.3, -0.25) is 9.69 Å². The van der Waals surface area contributed by atoms with Gasteiger partial charge in [-0.25, -0.2) is 0 Å². The molecular formula is C21H29N3O. The van der Waals surface area contributed by atoms with Gasteiger partial charge in [-0.2, -0.15) is 0 Å². The van der Waals surface area contributed by atoms with E-state index in [1.54, 1.807) is 0 Å². The van der Waals surface area contributed by atoms with Crippen molar-refractivity contribution >= 4 is 5.91 Å². The van der Waals surface area contributed by atoms with Crippen molar-refractivity contribution in [3.05, 3.63) is 58.4 Å². The molecule has 3 rings (SSSR count). The standard InChI is InChI=1S/C21H29N3O/c1-5-16(3)22-21(25)20-12-18-14-24(10-9-19(18)23(20)4)13-17-8-6-7-15(2)11-17/h6-8,11-12,16H,5,9-10,13-14H2,1-4H3,(H,22,25)/t16-/m0/s1. The number of nitrogens with zero attached hydrogens (tertiary/aromatic N) is 2. The van der Waals surface area contributed by atoms with Gasteiger partial charge in [0.25, 0.3) is 5.91 Å². The first-order chi connectivity index (χ1) is 12.0. The van der Waals surface area contributed by atoms with E-state index in [4.69, 9.17) is 0 Å². The molecule has 0 aliphatic carbocycles. The summed E-state index contributed by atoms with van der Waals surface area (Å²) in [7, 11) is 2.01. The van der Waals surface area contributed by atoms with Crippen LogP contribution in [0.5, 0.6) is 0 Å². The number of benzene rings is 1. The van der Waals surface area contributed by atoms with Crippen molar-refractivity contribution < 1.29 is 4.79 Å². The Bertz CT molecular complexity index is 762. The molecule has 134 valence electrons. The van der Waals surface area contributed by atoms with Crippen molar-refractivity contribution in [3.8, 4) is 0 Å². The summed E-state index contributed by atoms with van der Waals surface area (Å²) >= 11 is 0. The van der Waals surface area contributed by atoms with E-state index >= 15 is 0 Å². The zero-order valence-corrected chi connectivity index (χ0v) is 15.8. The van der Waals surface area contributed by atoms with Gasteiger partial charge in [-0.1, -0.05) is 36.8 Å². The first kappa shape index (κ1) is 17.7. The van der Waals surface area contributed by atoms with Crippen LogP contribution in [0.2, 0.25) is 0 Å². The van der Waals surface area contributed by atoms with Gasteiger partial charge in [-0.15, -0.1) is 0 Å². The maximum Gasteiger partial charge on any atom is 0.268 e. The van der Waals surface area contributed by atoms with E-state index in [0.717, 1.165) is 38.2 Å². The number of carbonyl (C=O) groups excluding carboxylic acids is 1. The molecule has 2 heterocycles. The summed E-state index contributed by atoms with van der Waals surface area (Å²) in [5.74, 6) is 0.0384. The monoisotopic (exact) mass is 339 g/mol. The Balaban J connectivity index is 1.73. The zero-order chi connectivity index (χ0) is 18.0. The van der Waals surface area contributed by atoms with E-state index in [9.17, 15) is 4.79 Å². The molecule has 1 atom stereocenters. The highest BCUT2D eigenvalue weighted by molar-refractivity contribution is 5.93. The van der Waals surface area contributed by atoms with Crippen LogP contribution in [0.4, 0.5) is 0 Å². The lowest BCUT2D eigenvalue weighted by Crippen LogP contribution is -2.33. The molecule has 0 radical (unpaired) electrons. The Morgan fingerprint density at radius 1 is 1.32 bits per heavy atom. The number of hydrogen-bond donors (Lipinski definition) is 1. The minimum atomic E-state index is 0.0384. The van der Waals surface area contributed by atoms with Gasteiger partial charge in [0.15, 0.2) is 0 Å². The average Bonchev–Trinajstić information content (AvgIpc) is 2.91. The number of carbonyl (C=O) groups is 1. The number of hydrogen-bond acceptors (Lipinski definition) is 2. The van der Waals surface area contributed by atoms with Crippen molar-refractivity contribution in [1.29, 1.82) is 0 Å². The molecule has 0 fully saturated rings. The minimum absolute atomic E-state index is 0.0384. The zero-order valence-electron chi connectivity index (χ0n) is 15.8. The summed E-state index contributed by atoms with van der Waals surface area (Å²) in [5, 5.41) is 3.08. The topological polar surface area (TPSA) is 37.3 Å². The van der Waals surface area contributed by atoms with Gasteiger partial charge in [0.05, 0.1) is 0 Å². The molecular weight excluding hydrogens is 310 g/mol. The van der Waals surface area contributed by atoms with Crippen LogP contribution in [0.3, 0.4) is 0 Å². The van der Waals surface area contributed by atoms with E-state index in [1.807, 2.05) is 14.0 Å². The summed E-state index contributed by atoms with van der Waals surface area (Å²) in [4.78, 5) is 15.0. The predicted octanol–water partition coefficient (Wildman–Crippen LogP) is 3.42. The quantitative estimate of drug-likeness (QED) is 0.906. The van der Waals surface area contributed by atoms with Crippen LogP contribution in [-0.2, 0) is 26.6 Å². The van der Waals surface area contributed by atoms with Gasteiger partial charge in [-0.05, 0) is 37.5 Å². The maximum absolute atomic E-state index is 12.5. The Morgan fingerprint density at radius 3 is 2.84 bits per heavy atom. The van der Waals surface area contributed by atoms with Gasteiger partial charge in [0.2, 0.25) is 0 Å². The van der Waals surface area contributed by atoms with Crippen LogP contribution >= 0.6 is 0 Å². The lowest BCUT2D eigenvalue weighted by atomic mass is 10.1. The molecule has 1 aromatic carbocycles. The molecule has 1 N–H and O–H groups in total. The average molecular weight is 339 g/mol. The third kappa shape index (κ3) is 3.96. The van der Waals surface area contributed by atoms with Gasteiger partial charge < -0.3 is 9.88 Å². The highest BCUT2D eigenvalue weighted by Crippen LogP contribution is 2.24. The van der Waals surface area contributed by atoms with Crippen LogP contribution in [0.1, 0.15) is 53.1 Å². The molecule has 1 aliphatic rings. The van der Waals surface area contributed by atoms with E-state index in [-0.39, 0.29) is 11.9 Å². The fourth-order valence-corrected chi connectivity index (χ4v) is 3.58. The fraction of sp³-hybridized carbons (Fsp3) is 0.476. The van der Waals surface area contributed by atoms with Crippen molar-refractivity contribution in [2.24, 2.45) is 7.05 Å². The third-order valence-corrected chi connectivity index (χ3v) is 5.22. The summed E-state index contributed by atoms with van der Waals surface area (Å²) in [6.07, 6.45) is 1.94. The lowest BCUT2D eigenvalue weighted by molar-refractivity contribution is 0.0930. The molecule has 0 saturated heterocycles. The SMILES string of the molecule is CC[C@H](C)NC(=O)c1cc2c(n1C)CCN(Cc1cccc(C)c1)C2. The summed E-state index contributed by atoms with van der Waals surface area (Å²) in [5.41, 5.74) is 6.03. The summed E-state index contributed by atoms with van der Waals surface area (Å²) in [6, 6.07) is 11.0. The van der Waals surface area contributed by atoms with Crippen LogP contribution in [-0.4, -0.2) is 28.0 Å². The maximum atomic E-state index is 12.5. The second-order valence-corrected chi connectivity index (χ2v) is 7.29. The number of aromatic nitrogens is 1. The van der Waals surface area contributed by atoms with Crippen molar-refractivity contribution in [1.82, 2.24) is 14.8 Å². The first-order valence-electron chi connectivity index (χ1n) is 9.24. The smallest absolute Gasteiger partial charge is 0.268 e. The predicted molar refractivity (Wildman–Crippen MR) is 102 cm³/mol. The number of fused-ring (bicyclic) bond motifs is 1. The first-order valence-corrected chi connectivity index (χ1v) is 9.24. The van der Waals surface area contributed by atoms with E-state index in [1.165, 1.54) is 22.4 Å². The Labute approximate surface area is 150 Å². The van der Waals surface area contributed by atoms with Crippen LogP contribution in [0, 0.1) is 6.92 Å². The molecule has 0 spiro atoms. The minimum Gasteiger partial charge on any atom is -0.348 e. The number of rotatable bonds is 5. The number of nitrogens with one attached hydrogen (secondary N) is 1. The normalized spacial score (nSPS) is 15.7. The summed E-state index contributed by atoms with van der Waals surface area (Å²) in [6.45, 7) is 9.18. The van der Waals surface area contributed by atoms with Crippen molar-refractivity contribution in [2.75, 3.05) is 6.54 Å². The molecule has 0 unspecified atom stereocenters. The van der Waals surface area contributed by atoms with E-state index in [0.29, 0.717) is 0 Å². The Hall–Kier alpha value is -2.07. The van der Waals surface area contributed by atoms with Gasteiger partial charge in [0, 0.05) is 44.8 Å². The highest BCUT2D eigenvalue weighted by atomic mass is 16.2. The molecule has 0 saturated carbocycles. The molecule has 1 aromatic heterocycles. The molecule has 4 heteroatoms. The molecule has 25 heavy (non-hydrogen) atoms. The van der Waals surface area contributed by atoms with Crippen LogP contribution in [0.25, 0.3) is 0 Å². The van der Waals surface area contributed by atoms with E-state index < -0.39 is 0 Å². The van der Waals surface area contributed by atoms with Crippen LogP contribution in [0.15, 0.2) is 30.3 Å². The Morgan fingerprint density at radius 2 is 2.12 bits per heavy atom. The second kappa shape index (κ2) is 7.44. The molecule has 2 aromatic rings. The van der Waals surface area contributed by atoms with Gasteiger partial charge >= 0.3 is 0 Å². The van der Waals surface area contributed by atoms with Gasteiger partial charge in [0.1, 0.15) is 5.69 Å². The third-order valence-electron chi connectivity index (χ3n) is 5.22. The van der Waals surface area contributed by atoms with E-state index in [2.05, 4.69) is 59.0 Å². The number of amides is 1. The summed E-state index contributed by atoms with van der Waals surface area (Å²) < 4.78 is 2.08.